The monoisotopic (exact) mass is 565 g/mol. The number of allylic oxidation sites excluding steroid dienone is 1. The zero-order chi connectivity index (χ0) is 29.1. The first-order valence-electron chi connectivity index (χ1n) is 14.6. The van der Waals surface area contributed by atoms with Gasteiger partial charge in [0.15, 0.2) is 0 Å². The molecule has 5 bridgehead atoms. The predicted octanol–water partition coefficient (Wildman–Crippen LogP) is 1.90. The van der Waals surface area contributed by atoms with Crippen molar-refractivity contribution in [3.8, 4) is 0 Å². The van der Waals surface area contributed by atoms with Gasteiger partial charge in [-0.05, 0) is 25.3 Å². The lowest BCUT2D eigenvalue weighted by Crippen LogP contribution is -2.58. The molecule has 0 saturated carbocycles. The predicted molar refractivity (Wildman–Crippen MR) is 149 cm³/mol. The number of nitrogens with one attached hydrogen (secondary N) is 1. The quantitative estimate of drug-likeness (QED) is 0.399. The Hall–Kier alpha value is -3.50. The molecule has 10 nitrogen and oxygen atoms in total. The third-order valence-corrected chi connectivity index (χ3v) is 8.60. The molecule has 3 amide bonds. The zero-order valence-corrected chi connectivity index (χ0v) is 23.6. The van der Waals surface area contributed by atoms with Crippen molar-refractivity contribution in [2.45, 2.75) is 69.4 Å². The van der Waals surface area contributed by atoms with Crippen LogP contribution in [0.25, 0.3) is 0 Å². The third-order valence-electron chi connectivity index (χ3n) is 8.60. The average molecular weight is 566 g/mol. The molecule has 2 N–H and O–H groups in total. The van der Waals surface area contributed by atoms with Crippen molar-refractivity contribution in [3.05, 3.63) is 60.2 Å². The molecule has 1 aromatic rings. The molecule has 5 rings (SSSR count). The van der Waals surface area contributed by atoms with Gasteiger partial charge < -0.3 is 29.7 Å². The third kappa shape index (κ3) is 5.30. The van der Waals surface area contributed by atoms with Gasteiger partial charge in [0.25, 0.3) is 0 Å². The summed E-state index contributed by atoms with van der Waals surface area (Å²) in [6, 6.07) is 7.44. The second-order valence-electron chi connectivity index (χ2n) is 11.3. The van der Waals surface area contributed by atoms with Gasteiger partial charge in [0.05, 0.1) is 31.2 Å². The molecule has 41 heavy (non-hydrogen) atoms. The van der Waals surface area contributed by atoms with Crippen molar-refractivity contribution in [1.82, 2.24) is 15.1 Å². The minimum absolute atomic E-state index is 0.0791. The minimum Gasteiger partial charge on any atom is -0.455 e. The maximum absolute atomic E-state index is 14.3. The summed E-state index contributed by atoms with van der Waals surface area (Å²) in [6.45, 7) is 4.25. The Morgan fingerprint density at radius 3 is 2.63 bits per heavy atom. The Morgan fingerprint density at radius 1 is 1.12 bits per heavy atom. The average Bonchev–Trinajstić information content (AvgIpc) is 3.63. The number of unbranched alkanes of at least 4 members (excludes halogenated alkanes) is 1. The number of fused-ring (bicyclic) bond motifs is 2. The number of aliphatic hydroxyl groups excluding tert-OH is 1. The molecule has 4 aliphatic rings. The van der Waals surface area contributed by atoms with Crippen LogP contribution in [0.2, 0.25) is 0 Å². The van der Waals surface area contributed by atoms with E-state index in [2.05, 4.69) is 5.32 Å². The normalized spacial score (nSPS) is 33.5. The summed E-state index contributed by atoms with van der Waals surface area (Å²) in [6.07, 6.45) is 8.12. The van der Waals surface area contributed by atoms with E-state index in [1.54, 1.807) is 24.0 Å². The van der Waals surface area contributed by atoms with Crippen LogP contribution in [-0.2, 0) is 28.7 Å². The lowest BCUT2D eigenvalue weighted by molar-refractivity contribution is -0.160. The first kappa shape index (κ1) is 29.0. The van der Waals surface area contributed by atoms with E-state index in [9.17, 15) is 24.3 Å². The van der Waals surface area contributed by atoms with E-state index >= 15 is 0 Å². The molecule has 0 aromatic heterocycles. The van der Waals surface area contributed by atoms with Crippen LogP contribution in [-0.4, -0.2) is 88.6 Å². The summed E-state index contributed by atoms with van der Waals surface area (Å²) in [7, 11) is 0. The highest BCUT2D eigenvalue weighted by atomic mass is 16.6. The number of carbonyl (C=O) groups is 4. The molecule has 4 aliphatic heterocycles. The van der Waals surface area contributed by atoms with Crippen LogP contribution < -0.4 is 5.32 Å². The van der Waals surface area contributed by atoms with Crippen LogP contribution in [0.4, 0.5) is 0 Å². The largest absolute Gasteiger partial charge is 0.455 e. The van der Waals surface area contributed by atoms with E-state index in [1.807, 2.05) is 49.4 Å². The number of ether oxygens (including phenoxy) is 2. The van der Waals surface area contributed by atoms with Gasteiger partial charge in [-0.1, -0.05) is 68.0 Å². The summed E-state index contributed by atoms with van der Waals surface area (Å²) in [5.41, 5.74) is -0.633. The van der Waals surface area contributed by atoms with Crippen LogP contribution in [0, 0.1) is 11.8 Å². The van der Waals surface area contributed by atoms with E-state index in [0.29, 0.717) is 25.1 Å². The Balaban J connectivity index is 1.56. The molecule has 0 radical (unpaired) electrons. The second kappa shape index (κ2) is 12.2. The van der Waals surface area contributed by atoms with Gasteiger partial charge in [0.1, 0.15) is 23.7 Å². The van der Waals surface area contributed by atoms with E-state index in [-0.39, 0.29) is 31.4 Å². The molecule has 2 fully saturated rings. The van der Waals surface area contributed by atoms with Gasteiger partial charge in [-0.2, -0.15) is 0 Å². The number of esters is 1. The topological polar surface area (TPSA) is 125 Å². The highest BCUT2D eigenvalue weighted by Gasteiger charge is 2.74. The molecule has 0 aliphatic carbocycles. The lowest BCUT2D eigenvalue weighted by Gasteiger charge is -2.37. The molecule has 4 heterocycles. The highest BCUT2D eigenvalue weighted by molar-refractivity contribution is 5.99. The number of nitrogens with zero attached hydrogens (tertiary/aromatic N) is 2. The van der Waals surface area contributed by atoms with Crippen molar-refractivity contribution in [2.75, 3.05) is 26.2 Å². The molecule has 0 unspecified atom stereocenters. The van der Waals surface area contributed by atoms with E-state index in [0.717, 1.165) is 12.8 Å². The first-order valence-corrected chi connectivity index (χ1v) is 14.6. The summed E-state index contributed by atoms with van der Waals surface area (Å²) >= 11 is 0. The van der Waals surface area contributed by atoms with E-state index < -0.39 is 53.6 Å². The fourth-order valence-electron chi connectivity index (χ4n) is 6.48. The smallest absolute Gasteiger partial charge is 0.313 e. The maximum atomic E-state index is 14.3. The number of cyclic esters (lactones) is 1. The number of benzene rings is 1. The highest BCUT2D eigenvalue weighted by Crippen LogP contribution is 2.56. The summed E-state index contributed by atoms with van der Waals surface area (Å²) in [5, 5.41) is 13.0. The number of carbonyl (C=O) groups excluding carboxylic acids is 4. The van der Waals surface area contributed by atoms with Gasteiger partial charge in [-0.25, -0.2) is 0 Å². The fourth-order valence-corrected chi connectivity index (χ4v) is 6.48. The van der Waals surface area contributed by atoms with Crippen molar-refractivity contribution in [2.24, 2.45) is 11.8 Å². The molecule has 1 spiro atoms. The van der Waals surface area contributed by atoms with Gasteiger partial charge in [0, 0.05) is 19.5 Å². The van der Waals surface area contributed by atoms with Crippen LogP contribution in [0.3, 0.4) is 0 Å². The molecule has 1 aromatic carbocycles. The van der Waals surface area contributed by atoms with Crippen molar-refractivity contribution >= 4 is 23.7 Å². The van der Waals surface area contributed by atoms with Crippen LogP contribution in [0.5, 0.6) is 0 Å². The molecule has 7 atom stereocenters. The Labute approximate surface area is 240 Å². The molecule has 220 valence electrons. The summed E-state index contributed by atoms with van der Waals surface area (Å²) in [4.78, 5) is 58.0. The zero-order valence-electron chi connectivity index (χ0n) is 23.6. The van der Waals surface area contributed by atoms with E-state index in [1.165, 1.54) is 4.90 Å². The SMILES string of the molecule is CCCCN1C/C=C\CCC(=O)NC[C@H](c2ccccc2)OC(=O)[C@@H]2[C@H]3C(=O)N([C@H](C)CO)[C@H](C1=O)[C@]31C=C[C@H]2O1. The lowest BCUT2D eigenvalue weighted by atomic mass is 9.74. The minimum atomic E-state index is -1.34. The van der Waals surface area contributed by atoms with Gasteiger partial charge in [-0.15, -0.1) is 0 Å². The first-order chi connectivity index (χ1) is 19.8. The van der Waals surface area contributed by atoms with Crippen LogP contribution in [0.15, 0.2) is 54.6 Å². The van der Waals surface area contributed by atoms with Crippen molar-refractivity contribution in [1.29, 1.82) is 0 Å². The Morgan fingerprint density at radius 2 is 1.90 bits per heavy atom. The van der Waals surface area contributed by atoms with Crippen LogP contribution in [0.1, 0.15) is 51.2 Å². The number of rotatable bonds is 6. The van der Waals surface area contributed by atoms with Crippen molar-refractivity contribution in [3.63, 3.8) is 0 Å². The van der Waals surface area contributed by atoms with Crippen LogP contribution >= 0.6 is 0 Å². The van der Waals surface area contributed by atoms with Gasteiger partial charge in [0.2, 0.25) is 17.7 Å². The van der Waals surface area contributed by atoms with Gasteiger partial charge in [-0.3, -0.25) is 19.2 Å². The standard InChI is InChI=1S/C31H39N3O7/c1-3-4-16-33-17-10-6-9-13-24(36)32-18-23(21-11-7-5-8-12-21)40-30(39)25-22-14-15-31(41-22)26(25)28(37)34(20(2)19-35)27(31)29(33)38/h5-8,10-12,14-15,20,22-23,25-27,35H,3-4,9,13,16-19H2,1-2H3,(H,32,36)/b10-6-/t20-,22-,23-,25+,26+,27-,31+/m1/s1. The molecular formula is C31H39N3O7. The number of likely N-dealkylation sites (tertiary alicyclic amines) is 1. The maximum Gasteiger partial charge on any atom is 0.313 e. The second-order valence-corrected chi connectivity index (χ2v) is 11.3. The molecule has 2 saturated heterocycles. The van der Waals surface area contributed by atoms with Crippen molar-refractivity contribution < 1.29 is 33.8 Å². The Bertz CT molecular complexity index is 1220. The van der Waals surface area contributed by atoms with Gasteiger partial charge >= 0.3 is 5.97 Å². The summed E-state index contributed by atoms with van der Waals surface area (Å²) in [5.74, 6) is -3.44. The fraction of sp³-hybridized carbons (Fsp3) is 0.548. The molecule has 10 heteroatoms. The van der Waals surface area contributed by atoms with E-state index in [4.69, 9.17) is 9.47 Å². The number of aliphatic hydroxyl groups is 1. The summed E-state index contributed by atoms with van der Waals surface area (Å²) < 4.78 is 12.4. The number of hydrogen-bond acceptors (Lipinski definition) is 7. The number of hydrogen-bond donors (Lipinski definition) is 2. The Kier molecular flexibility index (Phi) is 8.60. The number of amides is 3. The molecular weight excluding hydrogens is 526 g/mol.